The zero-order valence-electron chi connectivity index (χ0n) is 21.9. The molecule has 0 saturated carbocycles. The topological polar surface area (TPSA) is 102 Å². The van der Waals surface area contributed by atoms with E-state index in [1.165, 1.54) is 18.1 Å². The standard InChI is InChI=1S/C31H29NO7/c1-37-25-16-10-21(19-26(25)38-2)17-18-32-28(22-11-13-23(14-12-22)31(36)39-3)27(29(34)30(32)35)24(33)15-9-20-7-5-4-6-8-20/h4-16,19,28,34H,17-18H2,1-3H3/b15-9+/t28-/m0/s1. The average molecular weight is 528 g/mol. The molecule has 0 spiro atoms. The highest BCUT2D eigenvalue weighted by molar-refractivity contribution is 6.14. The van der Waals surface area contributed by atoms with Gasteiger partial charge in [-0.05, 0) is 53.5 Å². The number of amides is 1. The normalized spacial score (nSPS) is 15.1. The fourth-order valence-corrected chi connectivity index (χ4v) is 4.51. The number of allylic oxidation sites excluding steroid dienone is 1. The highest BCUT2D eigenvalue weighted by atomic mass is 16.5. The summed E-state index contributed by atoms with van der Waals surface area (Å²) in [5.41, 5.74) is 2.56. The van der Waals surface area contributed by atoms with Gasteiger partial charge >= 0.3 is 5.97 Å². The first kappa shape index (κ1) is 27.2. The number of aliphatic hydroxyl groups excluding tert-OH is 1. The quantitative estimate of drug-likeness (QED) is 0.301. The minimum atomic E-state index is -0.850. The van der Waals surface area contributed by atoms with Gasteiger partial charge in [0.15, 0.2) is 23.0 Å². The highest BCUT2D eigenvalue weighted by Crippen LogP contribution is 2.38. The molecule has 1 amide bonds. The van der Waals surface area contributed by atoms with Gasteiger partial charge in [-0.25, -0.2) is 4.79 Å². The molecule has 1 aliphatic rings. The molecule has 3 aromatic rings. The molecule has 0 unspecified atom stereocenters. The van der Waals surface area contributed by atoms with Crippen molar-refractivity contribution in [2.45, 2.75) is 12.5 Å². The number of carbonyl (C=O) groups is 3. The summed E-state index contributed by atoms with van der Waals surface area (Å²) in [5, 5.41) is 10.9. The lowest BCUT2D eigenvalue weighted by Gasteiger charge is -2.27. The van der Waals surface area contributed by atoms with E-state index in [0.29, 0.717) is 29.0 Å². The lowest BCUT2D eigenvalue weighted by atomic mass is 9.94. The zero-order valence-corrected chi connectivity index (χ0v) is 21.9. The van der Waals surface area contributed by atoms with E-state index in [1.807, 2.05) is 42.5 Å². The third-order valence-electron chi connectivity index (χ3n) is 6.53. The molecular formula is C31H29NO7. The molecule has 0 aliphatic carbocycles. The van der Waals surface area contributed by atoms with Gasteiger partial charge in [0.1, 0.15) is 0 Å². The molecule has 0 radical (unpaired) electrons. The fourth-order valence-electron chi connectivity index (χ4n) is 4.51. The van der Waals surface area contributed by atoms with Gasteiger partial charge < -0.3 is 24.2 Å². The molecule has 0 aromatic heterocycles. The van der Waals surface area contributed by atoms with Crippen LogP contribution in [0.3, 0.4) is 0 Å². The summed E-state index contributed by atoms with van der Waals surface area (Å²) in [5.74, 6) is -1.09. The van der Waals surface area contributed by atoms with E-state index >= 15 is 0 Å². The van der Waals surface area contributed by atoms with E-state index in [1.54, 1.807) is 50.6 Å². The highest BCUT2D eigenvalue weighted by Gasteiger charge is 2.42. The van der Waals surface area contributed by atoms with E-state index in [4.69, 9.17) is 14.2 Å². The molecule has 0 bridgehead atoms. The number of methoxy groups -OCH3 is 3. The number of hydrogen-bond donors (Lipinski definition) is 1. The summed E-state index contributed by atoms with van der Waals surface area (Å²) >= 11 is 0. The molecule has 1 heterocycles. The van der Waals surface area contributed by atoms with Crippen LogP contribution >= 0.6 is 0 Å². The van der Waals surface area contributed by atoms with Crippen LogP contribution in [0.15, 0.2) is 90.2 Å². The van der Waals surface area contributed by atoms with Crippen molar-refractivity contribution in [3.63, 3.8) is 0 Å². The van der Waals surface area contributed by atoms with E-state index < -0.39 is 29.5 Å². The second-order valence-corrected chi connectivity index (χ2v) is 8.82. The van der Waals surface area contributed by atoms with Crippen molar-refractivity contribution in [3.8, 4) is 11.5 Å². The van der Waals surface area contributed by atoms with Gasteiger partial charge in [-0.15, -0.1) is 0 Å². The maximum absolute atomic E-state index is 13.4. The molecular weight excluding hydrogens is 498 g/mol. The van der Waals surface area contributed by atoms with E-state index in [2.05, 4.69) is 0 Å². The number of ketones is 1. The fraction of sp³-hybridized carbons (Fsp3) is 0.194. The molecule has 3 aromatic carbocycles. The number of rotatable bonds is 10. The van der Waals surface area contributed by atoms with Crippen molar-refractivity contribution >= 4 is 23.7 Å². The summed E-state index contributed by atoms with van der Waals surface area (Å²) in [7, 11) is 4.39. The maximum atomic E-state index is 13.4. The van der Waals surface area contributed by atoms with Crippen LogP contribution in [-0.2, 0) is 20.7 Å². The summed E-state index contributed by atoms with van der Waals surface area (Å²) in [6, 6.07) is 20.3. The third kappa shape index (κ3) is 5.85. The smallest absolute Gasteiger partial charge is 0.337 e. The maximum Gasteiger partial charge on any atom is 0.337 e. The van der Waals surface area contributed by atoms with Gasteiger partial charge in [0.2, 0.25) is 0 Å². The first-order valence-electron chi connectivity index (χ1n) is 12.3. The van der Waals surface area contributed by atoms with E-state index in [9.17, 15) is 19.5 Å². The number of nitrogens with zero attached hydrogens (tertiary/aromatic N) is 1. The Bertz CT molecular complexity index is 1430. The molecule has 39 heavy (non-hydrogen) atoms. The van der Waals surface area contributed by atoms with Gasteiger partial charge in [-0.2, -0.15) is 0 Å². The van der Waals surface area contributed by atoms with Crippen LogP contribution in [0, 0.1) is 0 Å². The zero-order chi connectivity index (χ0) is 27.9. The third-order valence-corrected chi connectivity index (χ3v) is 6.53. The Labute approximate surface area is 226 Å². The van der Waals surface area contributed by atoms with Crippen molar-refractivity contribution in [2.75, 3.05) is 27.9 Å². The van der Waals surface area contributed by atoms with Gasteiger partial charge in [0.25, 0.3) is 5.91 Å². The number of benzene rings is 3. The lowest BCUT2D eigenvalue weighted by Crippen LogP contribution is -2.33. The minimum absolute atomic E-state index is 0.0229. The Kier molecular flexibility index (Phi) is 8.46. The first-order valence-corrected chi connectivity index (χ1v) is 12.3. The molecule has 4 rings (SSSR count). The average Bonchev–Trinajstić information content (AvgIpc) is 3.23. The van der Waals surface area contributed by atoms with Gasteiger partial charge in [-0.3, -0.25) is 9.59 Å². The first-order chi connectivity index (χ1) is 18.9. The van der Waals surface area contributed by atoms with Crippen LogP contribution in [0.5, 0.6) is 11.5 Å². The molecule has 8 heteroatoms. The van der Waals surface area contributed by atoms with Gasteiger partial charge in [-0.1, -0.05) is 54.6 Å². The Morgan fingerprint density at radius 2 is 1.62 bits per heavy atom. The Morgan fingerprint density at radius 1 is 0.923 bits per heavy atom. The molecule has 1 aliphatic heterocycles. The van der Waals surface area contributed by atoms with Crippen molar-refractivity contribution in [1.82, 2.24) is 4.90 Å². The van der Waals surface area contributed by atoms with Gasteiger partial charge in [0.05, 0.1) is 38.5 Å². The number of esters is 1. The summed E-state index contributed by atoms with van der Waals surface area (Å²) in [6.07, 6.45) is 3.41. The molecule has 200 valence electrons. The van der Waals surface area contributed by atoms with E-state index in [-0.39, 0.29) is 12.1 Å². The number of carbonyl (C=O) groups excluding carboxylic acids is 3. The predicted octanol–water partition coefficient (Wildman–Crippen LogP) is 4.71. The number of ether oxygens (including phenoxy) is 3. The predicted molar refractivity (Wildman–Crippen MR) is 146 cm³/mol. The molecule has 8 nitrogen and oxygen atoms in total. The van der Waals surface area contributed by atoms with Crippen molar-refractivity contribution in [1.29, 1.82) is 0 Å². The second kappa shape index (κ2) is 12.1. The van der Waals surface area contributed by atoms with Crippen LogP contribution in [0.2, 0.25) is 0 Å². The summed E-state index contributed by atoms with van der Waals surface area (Å²) < 4.78 is 15.5. The summed E-state index contributed by atoms with van der Waals surface area (Å²) in [6.45, 7) is 0.209. The van der Waals surface area contributed by atoms with Crippen LogP contribution in [0.25, 0.3) is 6.08 Å². The molecule has 0 saturated heterocycles. The van der Waals surface area contributed by atoms with Crippen molar-refractivity contribution < 1.29 is 33.7 Å². The number of hydrogen-bond acceptors (Lipinski definition) is 7. The Balaban J connectivity index is 1.67. The minimum Gasteiger partial charge on any atom is -0.503 e. The largest absolute Gasteiger partial charge is 0.503 e. The van der Waals surface area contributed by atoms with Crippen molar-refractivity contribution in [2.24, 2.45) is 0 Å². The SMILES string of the molecule is COC(=O)c1ccc([C@H]2C(C(=O)/C=C/c3ccccc3)=C(O)C(=O)N2CCc2ccc(OC)c(OC)c2)cc1. The monoisotopic (exact) mass is 527 g/mol. The number of aliphatic hydroxyl groups is 1. The van der Waals surface area contributed by atoms with Gasteiger partial charge in [0, 0.05) is 6.54 Å². The van der Waals surface area contributed by atoms with Crippen molar-refractivity contribution in [3.05, 3.63) is 112 Å². The summed E-state index contributed by atoms with van der Waals surface area (Å²) in [4.78, 5) is 40.0. The van der Waals surface area contributed by atoms with Crippen LogP contribution in [0.1, 0.15) is 33.1 Å². The Hall–Kier alpha value is -4.85. The Morgan fingerprint density at radius 3 is 2.26 bits per heavy atom. The molecule has 1 atom stereocenters. The van der Waals surface area contributed by atoms with Crippen LogP contribution in [0.4, 0.5) is 0 Å². The van der Waals surface area contributed by atoms with E-state index in [0.717, 1.165) is 11.1 Å². The van der Waals surface area contributed by atoms with Crippen LogP contribution < -0.4 is 9.47 Å². The molecule has 0 fully saturated rings. The van der Waals surface area contributed by atoms with Crippen LogP contribution in [-0.4, -0.2) is 55.5 Å². The molecule has 1 N–H and O–H groups in total. The second-order valence-electron chi connectivity index (χ2n) is 8.82. The lowest BCUT2D eigenvalue weighted by molar-refractivity contribution is -0.129.